The van der Waals surface area contributed by atoms with Crippen LogP contribution in [0.5, 0.6) is 0 Å². The fraction of sp³-hybridized carbons (Fsp3) is 0.533. The third kappa shape index (κ3) is 3.07. The summed E-state index contributed by atoms with van der Waals surface area (Å²) in [6, 6.07) is 6.29. The van der Waals surface area contributed by atoms with Crippen molar-refractivity contribution in [2.75, 3.05) is 31.6 Å². The Morgan fingerprint density at radius 1 is 1.37 bits per heavy atom. The maximum Gasteiger partial charge on any atom is 0.244 e. The number of nitrogens with one attached hydrogen (secondary N) is 2. The van der Waals surface area contributed by atoms with Gasteiger partial charge in [0, 0.05) is 25.3 Å². The summed E-state index contributed by atoms with van der Waals surface area (Å²) >= 11 is 0. The van der Waals surface area contributed by atoms with E-state index in [0.29, 0.717) is 6.54 Å². The Kier molecular flexibility index (Phi) is 4.43. The Hall–Kier alpha value is -1.55. The number of hydrogen-bond donors (Lipinski definition) is 2. The number of benzene rings is 1. The van der Waals surface area contributed by atoms with E-state index in [2.05, 4.69) is 47.6 Å². The van der Waals surface area contributed by atoms with Gasteiger partial charge in [0.2, 0.25) is 5.91 Å². The molecule has 1 amide bonds. The summed E-state index contributed by atoms with van der Waals surface area (Å²) in [5.41, 5.74) is 3.69. The molecule has 4 heteroatoms. The van der Waals surface area contributed by atoms with E-state index in [0.717, 1.165) is 25.2 Å². The molecule has 1 unspecified atom stereocenters. The van der Waals surface area contributed by atoms with Crippen LogP contribution >= 0.6 is 0 Å². The molecule has 19 heavy (non-hydrogen) atoms. The Labute approximate surface area is 115 Å². The molecule has 0 spiro atoms. The summed E-state index contributed by atoms with van der Waals surface area (Å²) in [6.07, 6.45) is 0.985. The number of carbonyl (C=O) groups excluding carboxylic acids is 1. The van der Waals surface area contributed by atoms with Crippen molar-refractivity contribution < 1.29 is 4.79 Å². The highest BCUT2D eigenvalue weighted by Crippen LogP contribution is 2.22. The van der Waals surface area contributed by atoms with Crippen molar-refractivity contribution in [1.29, 1.82) is 0 Å². The lowest BCUT2D eigenvalue weighted by Crippen LogP contribution is -2.49. The molecule has 2 rings (SSSR count). The molecular formula is C15H23N3O. The average Bonchev–Trinajstić information content (AvgIpc) is 2.57. The number of anilines is 1. The Bertz CT molecular complexity index is 459. The first-order chi connectivity index (χ1) is 9.13. The monoisotopic (exact) mass is 261 g/mol. The van der Waals surface area contributed by atoms with Gasteiger partial charge in [0.05, 0.1) is 0 Å². The molecule has 0 saturated carbocycles. The van der Waals surface area contributed by atoms with Gasteiger partial charge in [-0.1, -0.05) is 6.07 Å². The lowest BCUT2D eigenvalue weighted by Gasteiger charge is -2.30. The topological polar surface area (TPSA) is 44.4 Å². The van der Waals surface area contributed by atoms with E-state index < -0.39 is 0 Å². The molecule has 1 saturated heterocycles. The summed E-state index contributed by atoms with van der Waals surface area (Å²) < 4.78 is 0. The van der Waals surface area contributed by atoms with Gasteiger partial charge in [-0.05, 0) is 50.6 Å². The molecule has 104 valence electrons. The molecule has 1 heterocycles. The molecule has 1 aromatic rings. The van der Waals surface area contributed by atoms with E-state index in [4.69, 9.17) is 0 Å². The number of amides is 1. The minimum absolute atomic E-state index is 0.116. The van der Waals surface area contributed by atoms with Crippen molar-refractivity contribution in [1.82, 2.24) is 10.6 Å². The van der Waals surface area contributed by atoms with Gasteiger partial charge in [0.25, 0.3) is 0 Å². The lowest BCUT2D eigenvalue weighted by atomic mass is 10.1. The van der Waals surface area contributed by atoms with Crippen LogP contribution in [0.2, 0.25) is 0 Å². The Morgan fingerprint density at radius 3 is 2.84 bits per heavy atom. The Balaban J connectivity index is 2.31. The van der Waals surface area contributed by atoms with E-state index in [1.54, 1.807) is 0 Å². The SMILES string of the molecule is CNCC1C(=O)NCCCN1c1ccc(C)c(C)c1. The van der Waals surface area contributed by atoms with Crippen LogP contribution in [-0.4, -0.2) is 38.6 Å². The number of aryl methyl sites for hydroxylation is 2. The largest absolute Gasteiger partial charge is 0.358 e. The highest BCUT2D eigenvalue weighted by atomic mass is 16.2. The van der Waals surface area contributed by atoms with Gasteiger partial charge in [0.1, 0.15) is 6.04 Å². The molecule has 1 aliphatic rings. The second kappa shape index (κ2) is 6.06. The normalized spacial score (nSPS) is 20.1. The minimum Gasteiger partial charge on any atom is -0.358 e. The van der Waals surface area contributed by atoms with Crippen LogP contribution in [0.1, 0.15) is 17.5 Å². The van der Waals surface area contributed by atoms with Crippen molar-refractivity contribution in [2.45, 2.75) is 26.3 Å². The van der Waals surface area contributed by atoms with Crippen LogP contribution in [0, 0.1) is 13.8 Å². The lowest BCUT2D eigenvalue weighted by molar-refractivity contribution is -0.121. The summed E-state index contributed by atoms with van der Waals surface area (Å²) in [5.74, 6) is 0.116. The van der Waals surface area contributed by atoms with Gasteiger partial charge in [-0.2, -0.15) is 0 Å². The summed E-state index contributed by atoms with van der Waals surface area (Å²) in [7, 11) is 1.89. The molecule has 0 radical (unpaired) electrons. The van der Waals surface area contributed by atoms with Crippen molar-refractivity contribution in [3.05, 3.63) is 29.3 Å². The molecule has 2 N–H and O–H groups in total. The van der Waals surface area contributed by atoms with Crippen molar-refractivity contribution >= 4 is 11.6 Å². The zero-order chi connectivity index (χ0) is 13.8. The zero-order valence-electron chi connectivity index (χ0n) is 12.0. The fourth-order valence-corrected chi connectivity index (χ4v) is 2.49. The first-order valence-corrected chi connectivity index (χ1v) is 6.89. The predicted molar refractivity (Wildman–Crippen MR) is 78.6 cm³/mol. The summed E-state index contributed by atoms with van der Waals surface area (Å²) in [4.78, 5) is 14.4. The Morgan fingerprint density at radius 2 is 2.16 bits per heavy atom. The standard InChI is InChI=1S/C15H23N3O/c1-11-5-6-13(9-12(11)2)18-8-4-7-17-15(19)14(18)10-16-3/h5-6,9,14,16H,4,7-8,10H2,1-3H3,(H,17,19). The highest BCUT2D eigenvalue weighted by molar-refractivity contribution is 5.86. The zero-order valence-corrected chi connectivity index (χ0v) is 12.0. The van der Waals surface area contributed by atoms with Gasteiger partial charge >= 0.3 is 0 Å². The van der Waals surface area contributed by atoms with Gasteiger partial charge in [-0.15, -0.1) is 0 Å². The van der Waals surface area contributed by atoms with E-state index in [1.807, 2.05) is 7.05 Å². The molecule has 1 fully saturated rings. The number of likely N-dealkylation sites (N-methyl/N-ethyl adjacent to an activating group) is 1. The summed E-state index contributed by atoms with van der Waals surface area (Å²) in [5, 5.41) is 6.10. The predicted octanol–water partition coefficient (Wildman–Crippen LogP) is 1.22. The van der Waals surface area contributed by atoms with E-state index >= 15 is 0 Å². The molecule has 1 aromatic carbocycles. The van der Waals surface area contributed by atoms with Gasteiger partial charge in [-0.3, -0.25) is 4.79 Å². The van der Waals surface area contributed by atoms with Gasteiger partial charge < -0.3 is 15.5 Å². The number of carbonyl (C=O) groups is 1. The number of rotatable bonds is 3. The maximum absolute atomic E-state index is 12.1. The van der Waals surface area contributed by atoms with Crippen LogP contribution < -0.4 is 15.5 Å². The smallest absolute Gasteiger partial charge is 0.244 e. The molecule has 1 atom stereocenters. The van der Waals surface area contributed by atoms with Crippen LogP contribution in [0.3, 0.4) is 0 Å². The van der Waals surface area contributed by atoms with E-state index in [-0.39, 0.29) is 11.9 Å². The van der Waals surface area contributed by atoms with Crippen LogP contribution in [-0.2, 0) is 4.79 Å². The second-order valence-electron chi connectivity index (χ2n) is 5.18. The van der Waals surface area contributed by atoms with E-state index in [1.165, 1.54) is 11.1 Å². The van der Waals surface area contributed by atoms with Gasteiger partial charge in [-0.25, -0.2) is 0 Å². The maximum atomic E-state index is 12.1. The molecule has 0 bridgehead atoms. The minimum atomic E-state index is -0.130. The number of hydrogen-bond acceptors (Lipinski definition) is 3. The van der Waals surface area contributed by atoms with Gasteiger partial charge in [0.15, 0.2) is 0 Å². The third-order valence-electron chi connectivity index (χ3n) is 3.77. The first-order valence-electron chi connectivity index (χ1n) is 6.89. The molecule has 0 aliphatic carbocycles. The quantitative estimate of drug-likeness (QED) is 0.860. The van der Waals surface area contributed by atoms with Crippen molar-refractivity contribution in [3.63, 3.8) is 0 Å². The third-order valence-corrected chi connectivity index (χ3v) is 3.77. The molecule has 4 nitrogen and oxygen atoms in total. The van der Waals surface area contributed by atoms with Crippen LogP contribution in [0.4, 0.5) is 5.69 Å². The fourth-order valence-electron chi connectivity index (χ4n) is 2.49. The molecule has 1 aliphatic heterocycles. The molecule has 0 aromatic heterocycles. The summed E-state index contributed by atoms with van der Waals surface area (Å²) in [6.45, 7) is 6.57. The average molecular weight is 261 g/mol. The van der Waals surface area contributed by atoms with Crippen LogP contribution in [0.25, 0.3) is 0 Å². The van der Waals surface area contributed by atoms with Crippen molar-refractivity contribution in [3.8, 4) is 0 Å². The molecular weight excluding hydrogens is 238 g/mol. The van der Waals surface area contributed by atoms with Crippen molar-refractivity contribution in [2.24, 2.45) is 0 Å². The van der Waals surface area contributed by atoms with E-state index in [9.17, 15) is 4.79 Å². The highest BCUT2D eigenvalue weighted by Gasteiger charge is 2.27. The van der Waals surface area contributed by atoms with Crippen LogP contribution in [0.15, 0.2) is 18.2 Å². The second-order valence-corrected chi connectivity index (χ2v) is 5.18. The first kappa shape index (κ1) is 13.9. The number of nitrogens with zero attached hydrogens (tertiary/aromatic N) is 1.